The molecule has 0 heterocycles. The Kier molecular flexibility index (Phi) is 16.3. The van der Waals surface area contributed by atoms with Crippen molar-refractivity contribution in [3.63, 3.8) is 0 Å². The SMILES string of the molecule is CCCC1CC(C)C(O)C(C)C1.CCCCCCCCCCCC1CCC(C)C(C)C1. The number of hydrogen-bond donors (Lipinski definition) is 1. The van der Waals surface area contributed by atoms with E-state index < -0.39 is 0 Å². The van der Waals surface area contributed by atoms with Gasteiger partial charge in [0.05, 0.1) is 6.10 Å². The molecule has 0 aliphatic heterocycles. The van der Waals surface area contributed by atoms with Gasteiger partial charge in [-0.25, -0.2) is 0 Å². The second-order valence-electron chi connectivity index (χ2n) is 11.8. The maximum atomic E-state index is 9.73. The van der Waals surface area contributed by atoms with E-state index in [1.165, 1.54) is 109 Å². The van der Waals surface area contributed by atoms with Crippen molar-refractivity contribution in [2.75, 3.05) is 0 Å². The van der Waals surface area contributed by atoms with Crippen LogP contribution in [0, 0.1) is 35.5 Å². The Morgan fingerprint density at radius 3 is 1.55 bits per heavy atom. The highest BCUT2D eigenvalue weighted by atomic mass is 16.3. The van der Waals surface area contributed by atoms with Gasteiger partial charge in [-0.2, -0.15) is 0 Å². The normalized spacial score (nSPS) is 33.6. The first-order valence-electron chi connectivity index (χ1n) is 14.6. The summed E-state index contributed by atoms with van der Waals surface area (Å²) in [6.07, 6.45) is 24.3. The predicted octanol–water partition coefficient (Wildman–Crippen LogP) is 9.81. The molecule has 1 N–H and O–H groups in total. The zero-order valence-corrected chi connectivity index (χ0v) is 22.5. The average molecular weight is 437 g/mol. The second-order valence-corrected chi connectivity index (χ2v) is 11.8. The smallest absolute Gasteiger partial charge is 0.0591 e. The number of aliphatic hydroxyl groups is 1. The minimum absolute atomic E-state index is 0.0434. The van der Waals surface area contributed by atoms with E-state index in [1.54, 1.807) is 0 Å². The zero-order valence-electron chi connectivity index (χ0n) is 22.5. The van der Waals surface area contributed by atoms with Gasteiger partial charge in [-0.3, -0.25) is 0 Å². The van der Waals surface area contributed by atoms with Gasteiger partial charge in [0.1, 0.15) is 0 Å². The molecule has 0 saturated heterocycles. The summed E-state index contributed by atoms with van der Waals surface area (Å²) in [7, 11) is 0. The molecule has 0 radical (unpaired) electrons. The van der Waals surface area contributed by atoms with Crippen molar-refractivity contribution in [3.05, 3.63) is 0 Å². The monoisotopic (exact) mass is 436 g/mol. The zero-order chi connectivity index (χ0) is 23.1. The van der Waals surface area contributed by atoms with E-state index in [0.717, 1.165) is 23.7 Å². The molecule has 2 aliphatic rings. The van der Waals surface area contributed by atoms with E-state index >= 15 is 0 Å². The molecular formula is C30H60O. The number of unbranched alkanes of at least 4 members (excludes halogenated alkanes) is 8. The Morgan fingerprint density at radius 1 is 0.516 bits per heavy atom. The van der Waals surface area contributed by atoms with Crippen molar-refractivity contribution < 1.29 is 5.11 Å². The molecule has 0 amide bonds. The molecule has 2 aliphatic carbocycles. The average Bonchev–Trinajstić information content (AvgIpc) is 2.74. The predicted molar refractivity (Wildman–Crippen MR) is 139 cm³/mol. The molecule has 2 fully saturated rings. The highest BCUT2D eigenvalue weighted by Gasteiger charge is 2.30. The Balaban J connectivity index is 0.000000343. The molecule has 0 aromatic carbocycles. The first-order valence-corrected chi connectivity index (χ1v) is 14.6. The summed E-state index contributed by atoms with van der Waals surface area (Å²) >= 11 is 0. The first-order chi connectivity index (χ1) is 14.9. The molecule has 186 valence electrons. The molecule has 0 aromatic rings. The lowest BCUT2D eigenvalue weighted by Gasteiger charge is -2.36. The molecule has 1 nitrogen and oxygen atoms in total. The lowest BCUT2D eigenvalue weighted by Crippen LogP contribution is -2.34. The van der Waals surface area contributed by atoms with Crippen molar-refractivity contribution in [2.24, 2.45) is 35.5 Å². The molecule has 0 bridgehead atoms. The van der Waals surface area contributed by atoms with Crippen LogP contribution in [-0.2, 0) is 0 Å². The highest BCUT2D eigenvalue weighted by molar-refractivity contribution is 4.81. The van der Waals surface area contributed by atoms with E-state index in [9.17, 15) is 5.11 Å². The molecule has 2 saturated carbocycles. The summed E-state index contributed by atoms with van der Waals surface area (Å²) in [5.41, 5.74) is 0. The molecule has 5 unspecified atom stereocenters. The minimum atomic E-state index is -0.0434. The van der Waals surface area contributed by atoms with Crippen LogP contribution in [-0.4, -0.2) is 11.2 Å². The van der Waals surface area contributed by atoms with Crippen molar-refractivity contribution in [1.82, 2.24) is 0 Å². The van der Waals surface area contributed by atoms with Crippen molar-refractivity contribution in [2.45, 2.75) is 157 Å². The summed E-state index contributed by atoms with van der Waals surface area (Å²) in [5.74, 6) is 4.95. The molecule has 1 heteroatoms. The van der Waals surface area contributed by atoms with Gasteiger partial charge >= 0.3 is 0 Å². The maximum Gasteiger partial charge on any atom is 0.0591 e. The summed E-state index contributed by atoms with van der Waals surface area (Å²) in [6, 6.07) is 0. The fourth-order valence-corrected chi connectivity index (χ4v) is 6.30. The van der Waals surface area contributed by atoms with Crippen LogP contribution in [0.1, 0.15) is 151 Å². The maximum absolute atomic E-state index is 9.73. The van der Waals surface area contributed by atoms with Crippen LogP contribution in [0.3, 0.4) is 0 Å². The third-order valence-corrected chi connectivity index (χ3v) is 8.70. The molecule has 0 spiro atoms. The first kappa shape index (κ1) is 29.0. The molecule has 31 heavy (non-hydrogen) atoms. The van der Waals surface area contributed by atoms with Gasteiger partial charge in [0.25, 0.3) is 0 Å². The Bertz CT molecular complexity index is 393. The lowest BCUT2D eigenvalue weighted by atomic mass is 9.73. The summed E-state index contributed by atoms with van der Waals surface area (Å²) in [4.78, 5) is 0. The lowest BCUT2D eigenvalue weighted by molar-refractivity contribution is 0.00966. The Morgan fingerprint density at radius 2 is 1.03 bits per heavy atom. The number of rotatable bonds is 12. The Labute approximate surface area is 197 Å². The van der Waals surface area contributed by atoms with Crippen LogP contribution in [0.5, 0.6) is 0 Å². The summed E-state index contributed by atoms with van der Waals surface area (Å²) < 4.78 is 0. The summed E-state index contributed by atoms with van der Waals surface area (Å²) in [6.45, 7) is 13.8. The number of aliphatic hydroxyl groups excluding tert-OH is 1. The van der Waals surface area contributed by atoms with Crippen LogP contribution in [0.15, 0.2) is 0 Å². The van der Waals surface area contributed by atoms with Gasteiger partial charge in [-0.15, -0.1) is 0 Å². The quantitative estimate of drug-likeness (QED) is 0.302. The standard InChI is InChI=1S/C19H38.C11H22O/c1-4-5-6-7-8-9-10-11-12-13-19-15-14-17(2)18(3)16-19;1-4-5-10-6-8(2)11(12)9(3)7-10/h17-19H,4-16H2,1-3H3;8-12H,4-7H2,1-3H3. The van der Waals surface area contributed by atoms with E-state index in [4.69, 9.17) is 0 Å². The van der Waals surface area contributed by atoms with Gasteiger partial charge in [0, 0.05) is 0 Å². The van der Waals surface area contributed by atoms with Crippen molar-refractivity contribution in [1.29, 1.82) is 0 Å². The van der Waals surface area contributed by atoms with Gasteiger partial charge in [0.2, 0.25) is 0 Å². The fraction of sp³-hybridized carbons (Fsp3) is 1.00. The molecule has 2 rings (SSSR count). The third kappa shape index (κ3) is 12.7. The number of hydrogen-bond acceptors (Lipinski definition) is 1. The topological polar surface area (TPSA) is 20.2 Å². The highest BCUT2D eigenvalue weighted by Crippen LogP contribution is 2.36. The van der Waals surface area contributed by atoms with Gasteiger partial charge < -0.3 is 5.11 Å². The molecular weight excluding hydrogens is 376 g/mol. The summed E-state index contributed by atoms with van der Waals surface area (Å²) in [5, 5.41) is 9.73. The van der Waals surface area contributed by atoms with Gasteiger partial charge in [-0.05, 0) is 54.8 Å². The van der Waals surface area contributed by atoms with E-state index in [-0.39, 0.29) is 6.10 Å². The largest absolute Gasteiger partial charge is 0.393 e. The van der Waals surface area contributed by atoms with Gasteiger partial charge in [0.15, 0.2) is 0 Å². The molecule has 5 atom stereocenters. The fourth-order valence-electron chi connectivity index (χ4n) is 6.30. The minimum Gasteiger partial charge on any atom is -0.393 e. The Hall–Kier alpha value is -0.0400. The van der Waals surface area contributed by atoms with Crippen molar-refractivity contribution >= 4 is 0 Å². The van der Waals surface area contributed by atoms with Crippen LogP contribution < -0.4 is 0 Å². The third-order valence-electron chi connectivity index (χ3n) is 8.70. The van der Waals surface area contributed by atoms with Crippen LogP contribution in [0.25, 0.3) is 0 Å². The van der Waals surface area contributed by atoms with E-state index in [2.05, 4.69) is 41.5 Å². The molecule has 0 aromatic heterocycles. The van der Waals surface area contributed by atoms with Crippen LogP contribution >= 0.6 is 0 Å². The second kappa shape index (κ2) is 17.4. The van der Waals surface area contributed by atoms with E-state index in [0.29, 0.717) is 11.8 Å². The van der Waals surface area contributed by atoms with Crippen LogP contribution in [0.4, 0.5) is 0 Å². The van der Waals surface area contributed by atoms with Gasteiger partial charge in [-0.1, -0.05) is 131 Å². The van der Waals surface area contributed by atoms with Crippen LogP contribution in [0.2, 0.25) is 0 Å². The van der Waals surface area contributed by atoms with E-state index in [1.807, 2.05) is 0 Å². The van der Waals surface area contributed by atoms with Crippen molar-refractivity contribution in [3.8, 4) is 0 Å².